The molecule has 1 aromatic rings. The summed E-state index contributed by atoms with van der Waals surface area (Å²) in [6.07, 6.45) is 0.997. The molecular formula is C16H22F3N3O2. The van der Waals surface area contributed by atoms with E-state index in [-0.39, 0.29) is 5.69 Å². The number of hydrogen-bond acceptors (Lipinski definition) is 2. The van der Waals surface area contributed by atoms with Crippen molar-refractivity contribution in [1.82, 2.24) is 9.88 Å². The van der Waals surface area contributed by atoms with Crippen molar-refractivity contribution in [3.8, 4) is 0 Å². The fourth-order valence-electron chi connectivity index (χ4n) is 3.00. The van der Waals surface area contributed by atoms with Crippen LogP contribution in [0.1, 0.15) is 44.6 Å². The quantitative estimate of drug-likeness (QED) is 0.874. The van der Waals surface area contributed by atoms with Crippen molar-refractivity contribution in [2.24, 2.45) is 5.92 Å². The summed E-state index contributed by atoms with van der Waals surface area (Å²) in [6, 6.07) is 0.131. The highest BCUT2D eigenvalue weighted by Crippen LogP contribution is 2.29. The Hall–Kier alpha value is -1.99. The molecule has 24 heavy (non-hydrogen) atoms. The van der Waals surface area contributed by atoms with Gasteiger partial charge in [0.25, 0.3) is 5.56 Å². The van der Waals surface area contributed by atoms with Gasteiger partial charge in [0.15, 0.2) is 0 Å². The van der Waals surface area contributed by atoms with Gasteiger partial charge in [-0.1, -0.05) is 19.8 Å². The molecule has 134 valence electrons. The largest absolute Gasteiger partial charge is 0.417 e. The number of aromatic amines is 1. The topological polar surface area (TPSA) is 65.2 Å². The Morgan fingerprint density at radius 3 is 2.79 bits per heavy atom. The number of anilines is 1. The number of pyridine rings is 1. The van der Waals surface area contributed by atoms with Gasteiger partial charge in [-0.2, -0.15) is 13.2 Å². The number of alkyl halides is 3. The van der Waals surface area contributed by atoms with Crippen LogP contribution in [0.3, 0.4) is 0 Å². The number of carbonyl (C=O) groups is 1. The Kier molecular flexibility index (Phi) is 5.90. The first kappa shape index (κ1) is 18.4. The molecule has 2 N–H and O–H groups in total. The van der Waals surface area contributed by atoms with E-state index >= 15 is 0 Å². The summed E-state index contributed by atoms with van der Waals surface area (Å²) in [4.78, 5) is 27.5. The molecular weight excluding hydrogens is 323 g/mol. The van der Waals surface area contributed by atoms with E-state index in [1.165, 1.54) is 0 Å². The first-order valence-electron chi connectivity index (χ1n) is 8.17. The summed E-state index contributed by atoms with van der Waals surface area (Å²) in [5, 5.41) is 2.31. The minimum absolute atomic E-state index is 0.385. The minimum atomic E-state index is -4.58. The first-order valence-corrected chi connectivity index (χ1v) is 8.17. The van der Waals surface area contributed by atoms with Crippen LogP contribution in [0.2, 0.25) is 0 Å². The zero-order valence-electron chi connectivity index (χ0n) is 13.6. The number of likely N-dealkylation sites (tertiary alicyclic amines) is 1. The molecule has 0 saturated carbocycles. The maximum absolute atomic E-state index is 12.7. The molecule has 0 spiro atoms. The second-order valence-corrected chi connectivity index (χ2v) is 6.13. The molecule has 2 rings (SSSR count). The second kappa shape index (κ2) is 7.72. The number of hydrogen-bond donors (Lipinski definition) is 2. The molecule has 1 atom stereocenters. The van der Waals surface area contributed by atoms with Gasteiger partial charge in [0.2, 0.25) is 0 Å². The zero-order chi connectivity index (χ0) is 17.7. The van der Waals surface area contributed by atoms with Crippen LogP contribution >= 0.6 is 0 Å². The Labute approximate surface area is 138 Å². The highest BCUT2D eigenvalue weighted by atomic mass is 19.4. The molecule has 2 amide bonds. The fraction of sp³-hybridized carbons (Fsp3) is 0.625. The van der Waals surface area contributed by atoms with Gasteiger partial charge in [0.05, 0.1) is 5.56 Å². The second-order valence-electron chi connectivity index (χ2n) is 6.13. The van der Waals surface area contributed by atoms with Crippen molar-refractivity contribution in [2.75, 3.05) is 18.4 Å². The maximum atomic E-state index is 12.7. The van der Waals surface area contributed by atoms with Crippen molar-refractivity contribution in [1.29, 1.82) is 0 Å². The molecule has 1 saturated heterocycles. The lowest BCUT2D eigenvalue weighted by atomic mass is 9.96. The van der Waals surface area contributed by atoms with E-state index in [4.69, 9.17) is 0 Å². The molecule has 8 heteroatoms. The summed E-state index contributed by atoms with van der Waals surface area (Å²) in [7, 11) is 0. The van der Waals surface area contributed by atoms with Gasteiger partial charge >= 0.3 is 12.2 Å². The van der Waals surface area contributed by atoms with E-state index in [2.05, 4.69) is 12.2 Å². The molecule has 5 nitrogen and oxygen atoms in total. The molecule has 1 aromatic heterocycles. The number of amides is 2. The highest BCUT2D eigenvalue weighted by molar-refractivity contribution is 5.89. The molecule has 0 unspecified atom stereocenters. The van der Waals surface area contributed by atoms with Crippen LogP contribution in [-0.2, 0) is 6.18 Å². The molecule has 1 aliphatic heterocycles. The van der Waals surface area contributed by atoms with Gasteiger partial charge in [-0.3, -0.25) is 4.79 Å². The highest BCUT2D eigenvalue weighted by Gasteiger charge is 2.31. The number of halogens is 3. The third kappa shape index (κ3) is 4.75. The Balaban J connectivity index is 2.05. The average molecular weight is 345 g/mol. The summed E-state index contributed by atoms with van der Waals surface area (Å²) < 4.78 is 38.1. The number of nitrogens with one attached hydrogen (secondary N) is 2. The van der Waals surface area contributed by atoms with Gasteiger partial charge < -0.3 is 15.2 Å². The van der Waals surface area contributed by atoms with Gasteiger partial charge in [-0.15, -0.1) is 0 Å². The lowest BCUT2D eigenvalue weighted by Gasteiger charge is -2.21. The minimum Gasteiger partial charge on any atom is -0.327 e. The van der Waals surface area contributed by atoms with Crippen LogP contribution in [0.5, 0.6) is 0 Å². The van der Waals surface area contributed by atoms with E-state index in [1.807, 2.05) is 4.98 Å². The summed E-state index contributed by atoms with van der Waals surface area (Å²) >= 11 is 0. The van der Waals surface area contributed by atoms with Crippen LogP contribution in [0.4, 0.5) is 23.7 Å². The maximum Gasteiger partial charge on any atom is 0.417 e. The van der Waals surface area contributed by atoms with E-state index in [9.17, 15) is 22.8 Å². The van der Waals surface area contributed by atoms with Crippen molar-refractivity contribution >= 4 is 11.7 Å². The number of urea groups is 1. The molecule has 2 heterocycles. The van der Waals surface area contributed by atoms with E-state index in [0.29, 0.717) is 31.3 Å². The van der Waals surface area contributed by atoms with Crippen LogP contribution < -0.4 is 10.9 Å². The van der Waals surface area contributed by atoms with Crippen molar-refractivity contribution in [3.05, 3.63) is 28.2 Å². The van der Waals surface area contributed by atoms with Gasteiger partial charge in [0.1, 0.15) is 5.69 Å². The van der Waals surface area contributed by atoms with Crippen LogP contribution in [0.15, 0.2) is 17.1 Å². The number of carbonyl (C=O) groups excluding carboxylic acids is 1. The fourth-order valence-corrected chi connectivity index (χ4v) is 3.00. The third-order valence-corrected chi connectivity index (χ3v) is 4.30. The monoisotopic (exact) mass is 345 g/mol. The first-order chi connectivity index (χ1) is 11.3. The molecule has 1 aliphatic rings. The van der Waals surface area contributed by atoms with Crippen molar-refractivity contribution < 1.29 is 18.0 Å². The lowest BCUT2D eigenvalue weighted by molar-refractivity contribution is -0.137. The smallest absolute Gasteiger partial charge is 0.327 e. The molecule has 0 bridgehead atoms. The average Bonchev–Trinajstić information content (AvgIpc) is 2.74. The predicted octanol–water partition coefficient (Wildman–Crippen LogP) is 3.83. The number of nitrogens with zero attached hydrogens (tertiary/aromatic N) is 1. The zero-order valence-corrected chi connectivity index (χ0v) is 13.6. The van der Waals surface area contributed by atoms with Gasteiger partial charge in [-0.25, -0.2) is 4.79 Å². The summed E-state index contributed by atoms with van der Waals surface area (Å²) in [6.45, 7) is 3.21. The third-order valence-electron chi connectivity index (χ3n) is 4.30. The molecule has 0 radical (unpaired) electrons. The van der Waals surface area contributed by atoms with E-state index in [1.54, 1.807) is 4.90 Å². The standard InChI is InChI=1S/C16H22F3N3O2/c1-2-4-11-5-3-7-22(8-6-11)15(24)21-13-9-12(16(17,18)19)10-20-14(13)23/h9-11H,2-8H2,1H3,(H,20,23)(H,21,24)/t11-/m0/s1. The van der Waals surface area contributed by atoms with Gasteiger partial charge in [0, 0.05) is 19.3 Å². The number of aromatic nitrogens is 1. The van der Waals surface area contributed by atoms with Gasteiger partial charge in [-0.05, 0) is 31.2 Å². The van der Waals surface area contributed by atoms with Crippen molar-refractivity contribution in [2.45, 2.75) is 45.2 Å². The number of rotatable bonds is 3. The predicted molar refractivity (Wildman–Crippen MR) is 84.9 cm³/mol. The lowest BCUT2D eigenvalue weighted by Crippen LogP contribution is -2.37. The Bertz CT molecular complexity index is 628. The van der Waals surface area contributed by atoms with Crippen molar-refractivity contribution in [3.63, 3.8) is 0 Å². The SMILES string of the molecule is CCC[C@H]1CCCN(C(=O)Nc2cc(C(F)(F)F)c[nH]c2=O)CC1. The van der Waals surface area contributed by atoms with Crippen LogP contribution in [0.25, 0.3) is 0 Å². The molecule has 1 fully saturated rings. The molecule has 0 aromatic carbocycles. The van der Waals surface area contributed by atoms with E-state index < -0.39 is 23.3 Å². The Morgan fingerprint density at radius 1 is 1.38 bits per heavy atom. The Morgan fingerprint density at radius 2 is 2.12 bits per heavy atom. The normalized spacial score (nSPS) is 19.0. The van der Waals surface area contributed by atoms with Crippen LogP contribution in [-0.4, -0.2) is 29.0 Å². The van der Waals surface area contributed by atoms with E-state index in [0.717, 1.165) is 32.1 Å². The van der Waals surface area contributed by atoms with Crippen LogP contribution in [0, 0.1) is 5.92 Å². The molecule has 0 aliphatic carbocycles. The number of H-pyrrole nitrogens is 1. The summed E-state index contributed by atoms with van der Waals surface area (Å²) in [5.74, 6) is 0.574. The summed E-state index contributed by atoms with van der Waals surface area (Å²) in [5.41, 5.74) is -2.14.